The Hall–Kier alpha value is -2.96. The zero-order valence-electron chi connectivity index (χ0n) is 15.2. The van der Waals surface area contributed by atoms with Gasteiger partial charge in [-0.05, 0) is 42.0 Å². The molecular formula is C21H16Cl2N2O4. The summed E-state index contributed by atoms with van der Waals surface area (Å²) in [6, 6.07) is 13.3. The molecule has 1 N–H and O–H groups in total. The molecule has 29 heavy (non-hydrogen) atoms. The number of carbonyl (C=O) groups is 1. The SMILES string of the molecule is O=C(Nc1ccc2c(c1)OCCO2)c1cccn(Cc2ccc(Cl)cc2Cl)c1=O. The highest BCUT2D eigenvalue weighted by Gasteiger charge is 2.16. The molecule has 148 valence electrons. The summed E-state index contributed by atoms with van der Waals surface area (Å²) in [4.78, 5) is 25.5. The number of hydrogen-bond donors (Lipinski definition) is 1. The number of carbonyl (C=O) groups excluding carboxylic acids is 1. The molecule has 1 amide bonds. The van der Waals surface area contributed by atoms with E-state index in [-0.39, 0.29) is 12.1 Å². The molecule has 0 fully saturated rings. The van der Waals surface area contributed by atoms with Crippen LogP contribution in [0.5, 0.6) is 11.5 Å². The van der Waals surface area contributed by atoms with Crippen LogP contribution in [0.25, 0.3) is 0 Å². The van der Waals surface area contributed by atoms with E-state index in [9.17, 15) is 9.59 Å². The van der Waals surface area contributed by atoms with Crippen LogP contribution in [0.1, 0.15) is 15.9 Å². The number of nitrogens with one attached hydrogen (secondary N) is 1. The predicted molar refractivity (Wildman–Crippen MR) is 112 cm³/mol. The van der Waals surface area contributed by atoms with Gasteiger partial charge in [-0.25, -0.2) is 0 Å². The normalized spacial score (nSPS) is 12.5. The van der Waals surface area contributed by atoms with Crippen molar-refractivity contribution in [2.24, 2.45) is 0 Å². The van der Waals surface area contributed by atoms with Crippen LogP contribution in [-0.2, 0) is 6.54 Å². The molecule has 1 aliphatic rings. The molecule has 0 unspecified atom stereocenters. The van der Waals surface area contributed by atoms with E-state index in [1.54, 1.807) is 48.7 Å². The maximum atomic E-state index is 12.8. The Morgan fingerprint density at radius 1 is 1.03 bits per heavy atom. The first kappa shape index (κ1) is 19.4. The second-order valence-corrected chi connectivity index (χ2v) is 7.25. The molecule has 0 spiro atoms. The van der Waals surface area contributed by atoms with Crippen LogP contribution in [0.15, 0.2) is 59.5 Å². The minimum atomic E-state index is -0.511. The first-order chi connectivity index (χ1) is 14.0. The van der Waals surface area contributed by atoms with Crippen molar-refractivity contribution in [3.05, 3.63) is 86.3 Å². The Morgan fingerprint density at radius 2 is 1.83 bits per heavy atom. The van der Waals surface area contributed by atoms with Gasteiger partial charge in [-0.1, -0.05) is 29.3 Å². The lowest BCUT2D eigenvalue weighted by Crippen LogP contribution is -2.29. The van der Waals surface area contributed by atoms with E-state index in [0.717, 1.165) is 5.56 Å². The highest BCUT2D eigenvalue weighted by Crippen LogP contribution is 2.32. The Balaban J connectivity index is 1.56. The maximum absolute atomic E-state index is 12.8. The summed E-state index contributed by atoms with van der Waals surface area (Å²) in [6.07, 6.45) is 1.61. The van der Waals surface area contributed by atoms with Crippen molar-refractivity contribution in [2.45, 2.75) is 6.54 Å². The van der Waals surface area contributed by atoms with Gasteiger partial charge in [-0.3, -0.25) is 9.59 Å². The summed E-state index contributed by atoms with van der Waals surface area (Å²) >= 11 is 12.1. The molecule has 0 atom stereocenters. The number of pyridine rings is 1. The molecule has 2 heterocycles. The van der Waals surface area contributed by atoms with Gasteiger partial charge in [0.05, 0.1) is 6.54 Å². The standard InChI is InChI=1S/C21H16Cl2N2O4/c22-14-4-3-13(17(23)10-14)12-25-7-1-2-16(21(25)27)20(26)24-15-5-6-18-19(11-15)29-9-8-28-18/h1-7,10-11H,8-9,12H2,(H,24,26). The van der Waals surface area contributed by atoms with Gasteiger partial charge in [0.1, 0.15) is 18.8 Å². The molecule has 0 bridgehead atoms. The van der Waals surface area contributed by atoms with Gasteiger partial charge in [-0.15, -0.1) is 0 Å². The van der Waals surface area contributed by atoms with Gasteiger partial charge in [0.25, 0.3) is 11.5 Å². The van der Waals surface area contributed by atoms with Crippen molar-refractivity contribution in [3.63, 3.8) is 0 Å². The second kappa shape index (κ2) is 8.19. The third-order valence-electron chi connectivity index (χ3n) is 4.42. The number of amides is 1. The van der Waals surface area contributed by atoms with Gasteiger partial charge < -0.3 is 19.4 Å². The number of benzene rings is 2. The van der Waals surface area contributed by atoms with Gasteiger partial charge in [0.15, 0.2) is 11.5 Å². The first-order valence-electron chi connectivity index (χ1n) is 8.85. The molecule has 0 aliphatic carbocycles. The van der Waals surface area contributed by atoms with Crippen molar-refractivity contribution in [1.29, 1.82) is 0 Å². The first-order valence-corrected chi connectivity index (χ1v) is 9.61. The predicted octanol–water partition coefficient (Wildman–Crippen LogP) is 4.23. The smallest absolute Gasteiger partial charge is 0.263 e. The average Bonchev–Trinajstić information content (AvgIpc) is 2.71. The van der Waals surface area contributed by atoms with E-state index in [1.807, 2.05) is 0 Å². The highest BCUT2D eigenvalue weighted by atomic mass is 35.5. The lowest BCUT2D eigenvalue weighted by molar-refractivity contribution is 0.102. The quantitative estimate of drug-likeness (QED) is 0.672. The van der Waals surface area contributed by atoms with Crippen LogP contribution in [0.3, 0.4) is 0 Å². The fourth-order valence-electron chi connectivity index (χ4n) is 2.99. The van der Waals surface area contributed by atoms with E-state index in [2.05, 4.69) is 5.32 Å². The summed E-state index contributed by atoms with van der Waals surface area (Å²) < 4.78 is 12.4. The molecule has 3 aromatic rings. The minimum absolute atomic E-state index is 0.0208. The number of hydrogen-bond acceptors (Lipinski definition) is 4. The van der Waals surface area contributed by atoms with Crippen molar-refractivity contribution in [3.8, 4) is 11.5 Å². The van der Waals surface area contributed by atoms with Gasteiger partial charge in [0.2, 0.25) is 0 Å². The summed E-state index contributed by atoms with van der Waals surface area (Å²) in [7, 11) is 0. The van der Waals surface area contributed by atoms with E-state index in [4.69, 9.17) is 32.7 Å². The van der Waals surface area contributed by atoms with Crippen molar-refractivity contribution < 1.29 is 14.3 Å². The summed E-state index contributed by atoms with van der Waals surface area (Å²) in [5.74, 6) is 0.663. The molecule has 6 nitrogen and oxygen atoms in total. The third-order valence-corrected chi connectivity index (χ3v) is 5.01. The van der Waals surface area contributed by atoms with Crippen LogP contribution >= 0.6 is 23.2 Å². The summed E-state index contributed by atoms with van der Waals surface area (Å²) in [5, 5.41) is 3.69. The summed E-state index contributed by atoms with van der Waals surface area (Å²) in [6.45, 7) is 1.15. The number of anilines is 1. The van der Waals surface area contributed by atoms with E-state index in [1.165, 1.54) is 10.6 Å². The van der Waals surface area contributed by atoms with E-state index < -0.39 is 11.5 Å². The number of aromatic nitrogens is 1. The number of nitrogens with zero attached hydrogens (tertiary/aromatic N) is 1. The Bertz CT molecular complexity index is 1140. The third kappa shape index (κ3) is 4.23. The lowest BCUT2D eigenvalue weighted by atomic mass is 10.2. The number of ether oxygens (including phenoxy) is 2. The van der Waals surface area contributed by atoms with Crippen molar-refractivity contribution in [1.82, 2.24) is 4.57 Å². The van der Waals surface area contributed by atoms with E-state index >= 15 is 0 Å². The average molecular weight is 431 g/mol. The zero-order valence-corrected chi connectivity index (χ0v) is 16.7. The largest absolute Gasteiger partial charge is 0.486 e. The Kier molecular flexibility index (Phi) is 5.47. The molecule has 1 aliphatic heterocycles. The van der Waals surface area contributed by atoms with Crippen LogP contribution < -0.4 is 20.3 Å². The monoisotopic (exact) mass is 430 g/mol. The minimum Gasteiger partial charge on any atom is -0.486 e. The fraction of sp³-hybridized carbons (Fsp3) is 0.143. The van der Waals surface area contributed by atoms with Gasteiger partial charge in [0, 0.05) is 28.0 Å². The van der Waals surface area contributed by atoms with Crippen molar-refractivity contribution in [2.75, 3.05) is 18.5 Å². The van der Waals surface area contributed by atoms with Crippen molar-refractivity contribution >= 4 is 34.8 Å². The zero-order chi connectivity index (χ0) is 20.4. The molecule has 2 aromatic carbocycles. The van der Waals surface area contributed by atoms with Crippen LogP contribution in [0.4, 0.5) is 5.69 Å². The van der Waals surface area contributed by atoms with Crippen LogP contribution in [0.2, 0.25) is 10.0 Å². The number of rotatable bonds is 4. The van der Waals surface area contributed by atoms with E-state index in [0.29, 0.717) is 40.4 Å². The highest BCUT2D eigenvalue weighted by molar-refractivity contribution is 6.35. The molecule has 4 rings (SSSR count). The second-order valence-electron chi connectivity index (χ2n) is 6.40. The molecular weight excluding hydrogens is 415 g/mol. The maximum Gasteiger partial charge on any atom is 0.263 e. The Morgan fingerprint density at radius 3 is 2.62 bits per heavy atom. The number of halogens is 2. The van der Waals surface area contributed by atoms with Crippen LogP contribution in [-0.4, -0.2) is 23.7 Å². The molecule has 8 heteroatoms. The topological polar surface area (TPSA) is 69.6 Å². The molecule has 0 saturated heterocycles. The summed E-state index contributed by atoms with van der Waals surface area (Å²) in [5.41, 5.74) is 0.832. The van der Waals surface area contributed by atoms with Gasteiger partial charge in [-0.2, -0.15) is 0 Å². The van der Waals surface area contributed by atoms with Crippen LogP contribution in [0, 0.1) is 0 Å². The molecule has 1 aromatic heterocycles. The Labute approximate surface area is 176 Å². The number of fused-ring (bicyclic) bond motifs is 1. The molecule has 0 saturated carbocycles. The molecule has 0 radical (unpaired) electrons. The van der Waals surface area contributed by atoms with Gasteiger partial charge >= 0.3 is 0 Å². The lowest BCUT2D eigenvalue weighted by Gasteiger charge is -2.19. The fourth-order valence-corrected chi connectivity index (χ4v) is 3.46.